The first-order valence-electron chi connectivity index (χ1n) is 10.2. The molecule has 0 saturated carbocycles. The number of hydrogen-bond donors (Lipinski definition) is 1. The summed E-state index contributed by atoms with van der Waals surface area (Å²) in [5.74, 6) is 1.67. The Balaban J connectivity index is 1.66. The molecule has 2 aromatic heterocycles. The Morgan fingerprint density at radius 2 is 1.89 bits per heavy atom. The van der Waals surface area contributed by atoms with E-state index in [-0.39, 0.29) is 0 Å². The molecule has 5 heteroatoms. The van der Waals surface area contributed by atoms with Gasteiger partial charge >= 0.3 is 0 Å². The fraction of sp³-hybridized carbons (Fsp3) is 0.348. The van der Waals surface area contributed by atoms with Crippen LogP contribution in [-0.4, -0.2) is 27.5 Å². The minimum absolute atomic E-state index is 0.517. The van der Waals surface area contributed by atoms with Gasteiger partial charge in [0, 0.05) is 30.4 Å². The Kier molecular flexibility index (Phi) is 5.80. The molecule has 0 spiro atoms. The van der Waals surface area contributed by atoms with E-state index in [2.05, 4.69) is 34.3 Å². The first kappa shape index (κ1) is 18.4. The fourth-order valence-corrected chi connectivity index (χ4v) is 3.78. The summed E-state index contributed by atoms with van der Waals surface area (Å²) in [6.45, 7) is 3.92. The van der Waals surface area contributed by atoms with Gasteiger partial charge < -0.3 is 10.2 Å². The van der Waals surface area contributed by atoms with Gasteiger partial charge in [-0.3, -0.25) is 4.98 Å². The van der Waals surface area contributed by atoms with Gasteiger partial charge in [0.2, 0.25) is 5.95 Å². The van der Waals surface area contributed by atoms with Crippen molar-refractivity contribution in [1.29, 1.82) is 0 Å². The lowest BCUT2D eigenvalue weighted by Crippen LogP contribution is -2.40. The van der Waals surface area contributed by atoms with Gasteiger partial charge in [0.15, 0.2) is 0 Å². The van der Waals surface area contributed by atoms with Gasteiger partial charge in [0.25, 0.3) is 0 Å². The Hall–Kier alpha value is -2.95. The van der Waals surface area contributed by atoms with Crippen LogP contribution in [0.1, 0.15) is 38.3 Å². The van der Waals surface area contributed by atoms with E-state index in [1.807, 2.05) is 48.7 Å². The highest BCUT2D eigenvalue weighted by Gasteiger charge is 2.24. The number of piperidine rings is 1. The molecule has 5 nitrogen and oxygen atoms in total. The second kappa shape index (κ2) is 8.83. The molecule has 1 fully saturated rings. The number of nitrogens with one attached hydrogen (secondary N) is 1. The van der Waals surface area contributed by atoms with Crippen LogP contribution in [0.25, 0.3) is 11.3 Å². The van der Waals surface area contributed by atoms with E-state index in [1.54, 1.807) is 0 Å². The Morgan fingerprint density at radius 1 is 1.04 bits per heavy atom. The molecular formula is C23H27N5. The predicted molar refractivity (Wildman–Crippen MR) is 114 cm³/mol. The van der Waals surface area contributed by atoms with Crippen LogP contribution in [0.2, 0.25) is 0 Å². The molecule has 1 aromatic carbocycles. The number of hydrogen-bond acceptors (Lipinski definition) is 5. The molecule has 144 valence electrons. The van der Waals surface area contributed by atoms with Crippen LogP contribution in [0.4, 0.5) is 11.8 Å². The number of benzene rings is 1. The monoisotopic (exact) mass is 373 g/mol. The molecular weight excluding hydrogens is 346 g/mol. The minimum Gasteiger partial charge on any atom is -0.364 e. The van der Waals surface area contributed by atoms with Crippen molar-refractivity contribution in [3.05, 3.63) is 66.5 Å². The number of rotatable bonds is 6. The molecule has 0 aliphatic carbocycles. The van der Waals surface area contributed by atoms with Crippen LogP contribution >= 0.6 is 0 Å². The summed E-state index contributed by atoms with van der Waals surface area (Å²) in [6, 6.07) is 18.8. The zero-order valence-electron chi connectivity index (χ0n) is 16.4. The average Bonchev–Trinajstić information content (AvgIpc) is 2.79. The molecule has 28 heavy (non-hydrogen) atoms. The molecule has 3 aromatic rings. The highest BCUT2D eigenvalue weighted by atomic mass is 15.3. The summed E-state index contributed by atoms with van der Waals surface area (Å²) in [5, 5.41) is 3.44. The Morgan fingerprint density at radius 3 is 2.68 bits per heavy atom. The Bertz CT molecular complexity index is 882. The van der Waals surface area contributed by atoms with E-state index >= 15 is 0 Å². The maximum atomic E-state index is 4.94. The van der Waals surface area contributed by atoms with Crippen molar-refractivity contribution in [3.8, 4) is 11.3 Å². The third-order valence-corrected chi connectivity index (χ3v) is 5.32. The fourth-order valence-electron chi connectivity index (χ4n) is 3.78. The van der Waals surface area contributed by atoms with E-state index in [9.17, 15) is 0 Å². The number of anilines is 2. The number of aromatic nitrogens is 3. The van der Waals surface area contributed by atoms with E-state index in [0.29, 0.717) is 12.6 Å². The maximum Gasteiger partial charge on any atom is 0.228 e. The van der Waals surface area contributed by atoms with Crippen molar-refractivity contribution < 1.29 is 0 Å². The SMILES string of the molecule is CCC1CCCCN1c1nc(NCc2ccccn2)cc(-c2ccccc2)n1. The average molecular weight is 374 g/mol. The predicted octanol–water partition coefficient (Wildman–Crippen LogP) is 4.92. The lowest BCUT2D eigenvalue weighted by atomic mass is 10.0. The van der Waals surface area contributed by atoms with Crippen molar-refractivity contribution in [1.82, 2.24) is 15.0 Å². The minimum atomic E-state index is 0.517. The van der Waals surface area contributed by atoms with Crippen molar-refractivity contribution in [2.75, 3.05) is 16.8 Å². The summed E-state index contributed by atoms with van der Waals surface area (Å²) in [7, 11) is 0. The molecule has 1 N–H and O–H groups in total. The van der Waals surface area contributed by atoms with Crippen molar-refractivity contribution in [2.45, 2.75) is 45.2 Å². The molecule has 1 atom stereocenters. The molecule has 1 unspecified atom stereocenters. The third kappa shape index (κ3) is 4.30. The highest BCUT2D eigenvalue weighted by molar-refractivity contribution is 5.64. The molecule has 0 radical (unpaired) electrons. The van der Waals surface area contributed by atoms with Gasteiger partial charge in [-0.1, -0.05) is 43.3 Å². The lowest BCUT2D eigenvalue weighted by molar-refractivity contribution is 0.443. The lowest BCUT2D eigenvalue weighted by Gasteiger charge is -2.35. The zero-order valence-corrected chi connectivity index (χ0v) is 16.4. The van der Waals surface area contributed by atoms with E-state index in [0.717, 1.165) is 41.7 Å². The summed E-state index contributed by atoms with van der Waals surface area (Å²) < 4.78 is 0. The van der Waals surface area contributed by atoms with Crippen LogP contribution in [0.15, 0.2) is 60.8 Å². The van der Waals surface area contributed by atoms with Gasteiger partial charge in [-0.05, 0) is 37.8 Å². The van der Waals surface area contributed by atoms with E-state index in [4.69, 9.17) is 9.97 Å². The largest absolute Gasteiger partial charge is 0.364 e. The van der Waals surface area contributed by atoms with E-state index in [1.165, 1.54) is 19.3 Å². The highest BCUT2D eigenvalue weighted by Crippen LogP contribution is 2.28. The van der Waals surface area contributed by atoms with Crippen LogP contribution in [0.3, 0.4) is 0 Å². The summed E-state index contributed by atoms with van der Waals surface area (Å²) in [6.07, 6.45) is 6.64. The molecule has 1 saturated heterocycles. The van der Waals surface area contributed by atoms with Gasteiger partial charge in [-0.15, -0.1) is 0 Å². The molecule has 3 heterocycles. The molecule has 0 bridgehead atoms. The quantitative estimate of drug-likeness (QED) is 0.665. The molecule has 4 rings (SSSR count). The second-order valence-electron chi connectivity index (χ2n) is 7.23. The third-order valence-electron chi connectivity index (χ3n) is 5.32. The Labute approximate surface area is 166 Å². The topological polar surface area (TPSA) is 53.9 Å². The summed E-state index contributed by atoms with van der Waals surface area (Å²) in [4.78, 5) is 16.6. The van der Waals surface area contributed by atoms with Crippen LogP contribution in [0.5, 0.6) is 0 Å². The molecule has 1 aliphatic rings. The number of pyridine rings is 1. The van der Waals surface area contributed by atoms with Crippen LogP contribution in [0, 0.1) is 0 Å². The normalized spacial score (nSPS) is 16.8. The number of nitrogens with zero attached hydrogens (tertiary/aromatic N) is 4. The first-order chi connectivity index (χ1) is 13.8. The van der Waals surface area contributed by atoms with Crippen molar-refractivity contribution in [3.63, 3.8) is 0 Å². The van der Waals surface area contributed by atoms with Gasteiger partial charge in [0.1, 0.15) is 5.82 Å². The van der Waals surface area contributed by atoms with Gasteiger partial charge in [-0.25, -0.2) is 4.98 Å². The van der Waals surface area contributed by atoms with Crippen LogP contribution < -0.4 is 10.2 Å². The van der Waals surface area contributed by atoms with Crippen molar-refractivity contribution >= 4 is 11.8 Å². The second-order valence-corrected chi connectivity index (χ2v) is 7.23. The van der Waals surface area contributed by atoms with Gasteiger partial charge in [0.05, 0.1) is 17.9 Å². The summed E-state index contributed by atoms with van der Waals surface area (Å²) >= 11 is 0. The first-order valence-corrected chi connectivity index (χ1v) is 10.2. The van der Waals surface area contributed by atoms with Crippen molar-refractivity contribution in [2.24, 2.45) is 0 Å². The molecule has 0 amide bonds. The zero-order chi connectivity index (χ0) is 19.2. The van der Waals surface area contributed by atoms with Gasteiger partial charge in [-0.2, -0.15) is 4.98 Å². The maximum absolute atomic E-state index is 4.94. The smallest absolute Gasteiger partial charge is 0.228 e. The van der Waals surface area contributed by atoms with Crippen LogP contribution in [-0.2, 0) is 6.54 Å². The summed E-state index contributed by atoms with van der Waals surface area (Å²) in [5.41, 5.74) is 3.06. The standard InChI is InChI=1S/C23H27N5/c1-2-20-13-7-9-15-28(20)23-26-21(18-10-4-3-5-11-18)16-22(27-23)25-17-19-12-6-8-14-24-19/h3-6,8,10-12,14,16,20H,2,7,9,13,15,17H2,1H3,(H,25,26,27). The molecule has 1 aliphatic heterocycles. The van der Waals surface area contributed by atoms with E-state index < -0.39 is 0 Å².